The van der Waals surface area contributed by atoms with Gasteiger partial charge in [-0.05, 0) is 55.1 Å². The first-order valence-electron chi connectivity index (χ1n) is 9.44. The molecule has 7 heteroatoms. The molecule has 29 heavy (non-hydrogen) atoms. The summed E-state index contributed by atoms with van der Waals surface area (Å²) in [6.45, 7) is 4.14. The van der Waals surface area contributed by atoms with E-state index in [1.165, 1.54) is 18.9 Å². The van der Waals surface area contributed by atoms with Gasteiger partial charge in [0, 0.05) is 43.6 Å². The van der Waals surface area contributed by atoms with Crippen molar-refractivity contribution in [2.24, 2.45) is 0 Å². The van der Waals surface area contributed by atoms with Crippen molar-refractivity contribution in [3.8, 4) is 11.5 Å². The number of halogens is 1. The normalized spacial score (nSPS) is 14.8. The molecule has 154 valence electrons. The number of ether oxygens (including phenoxy) is 2. The fraction of sp³-hybridized carbons (Fsp3) is 0.318. The van der Waals surface area contributed by atoms with E-state index >= 15 is 0 Å². The number of likely N-dealkylation sites (N-methyl/N-ethyl adjacent to an activating group) is 1. The molecule has 3 rings (SSSR count). The second-order valence-corrected chi connectivity index (χ2v) is 7.31. The number of hydrogen-bond acceptors (Lipinski definition) is 5. The van der Waals surface area contributed by atoms with Crippen LogP contribution in [0.25, 0.3) is 6.08 Å². The van der Waals surface area contributed by atoms with Crippen LogP contribution in [0.5, 0.6) is 11.5 Å². The molecule has 1 amide bonds. The Morgan fingerprint density at radius 2 is 1.76 bits per heavy atom. The minimum Gasteiger partial charge on any atom is -0.493 e. The molecule has 1 saturated heterocycles. The van der Waals surface area contributed by atoms with Gasteiger partial charge in [-0.15, -0.1) is 0 Å². The highest BCUT2D eigenvalue weighted by molar-refractivity contribution is 6.32. The Kier molecular flexibility index (Phi) is 7.01. The average molecular weight is 416 g/mol. The highest BCUT2D eigenvalue weighted by Gasteiger charge is 2.14. The van der Waals surface area contributed by atoms with Gasteiger partial charge in [0.05, 0.1) is 19.2 Å². The van der Waals surface area contributed by atoms with Crippen LogP contribution >= 0.6 is 11.6 Å². The van der Waals surface area contributed by atoms with E-state index in [1.54, 1.807) is 25.3 Å². The number of nitrogens with zero attached hydrogens (tertiary/aromatic N) is 2. The summed E-state index contributed by atoms with van der Waals surface area (Å²) in [5.74, 6) is 0.763. The number of amides is 1. The van der Waals surface area contributed by atoms with Gasteiger partial charge in [-0.2, -0.15) is 0 Å². The number of carbonyl (C=O) groups excluding carboxylic acids is 1. The minimum atomic E-state index is -0.219. The Labute approximate surface area is 176 Å². The molecule has 0 radical (unpaired) electrons. The maximum atomic E-state index is 12.3. The summed E-state index contributed by atoms with van der Waals surface area (Å²) < 4.78 is 10.5. The highest BCUT2D eigenvalue weighted by Crippen LogP contribution is 2.36. The number of methoxy groups -OCH3 is 2. The number of carbonyl (C=O) groups is 1. The summed E-state index contributed by atoms with van der Waals surface area (Å²) in [5, 5.41) is 3.30. The molecule has 0 spiro atoms. The van der Waals surface area contributed by atoms with E-state index in [1.807, 2.05) is 24.3 Å². The van der Waals surface area contributed by atoms with Crippen LogP contribution in [0.4, 0.5) is 11.4 Å². The Hall–Kier alpha value is -2.70. The van der Waals surface area contributed by atoms with Crippen LogP contribution < -0.4 is 19.7 Å². The Bertz CT molecular complexity index is 876. The van der Waals surface area contributed by atoms with Crippen LogP contribution in [-0.4, -0.2) is 58.3 Å². The van der Waals surface area contributed by atoms with Gasteiger partial charge in [-0.1, -0.05) is 11.6 Å². The van der Waals surface area contributed by atoms with E-state index in [0.29, 0.717) is 16.5 Å². The van der Waals surface area contributed by atoms with E-state index in [0.717, 1.165) is 37.4 Å². The molecule has 0 atom stereocenters. The first-order valence-corrected chi connectivity index (χ1v) is 9.82. The van der Waals surface area contributed by atoms with Gasteiger partial charge < -0.3 is 24.6 Å². The topological polar surface area (TPSA) is 54.0 Å². The molecule has 1 heterocycles. The minimum absolute atomic E-state index is 0.219. The SMILES string of the molecule is COc1cc(/C=C/C(=O)Nc2ccc(N3CCN(C)CC3)cc2)cc(Cl)c1OC. The first kappa shape index (κ1) is 21.0. The number of nitrogens with one attached hydrogen (secondary N) is 1. The van der Waals surface area contributed by atoms with Gasteiger partial charge in [0.2, 0.25) is 5.91 Å². The van der Waals surface area contributed by atoms with Crippen LogP contribution in [0.1, 0.15) is 5.56 Å². The quantitative estimate of drug-likeness (QED) is 0.728. The molecular weight excluding hydrogens is 390 g/mol. The number of rotatable bonds is 6. The van der Waals surface area contributed by atoms with Crippen molar-refractivity contribution in [3.05, 3.63) is 53.1 Å². The molecule has 0 aliphatic carbocycles. The summed E-state index contributed by atoms with van der Waals surface area (Å²) >= 11 is 6.20. The molecule has 6 nitrogen and oxygen atoms in total. The van der Waals surface area contributed by atoms with Crippen molar-refractivity contribution < 1.29 is 14.3 Å². The van der Waals surface area contributed by atoms with Gasteiger partial charge in [0.25, 0.3) is 0 Å². The molecule has 1 fully saturated rings. The van der Waals surface area contributed by atoms with Crippen molar-refractivity contribution in [1.82, 2.24) is 4.90 Å². The predicted octanol–water partition coefficient (Wildman–Crippen LogP) is 3.76. The van der Waals surface area contributed by atoms with Crippen molar-refractivity contribution >= 4 is 35.0 Å². The van der Waals surface area contributed by atoms with Gasteiger partial charge in [0.1, 0.15) is 0 Å². The monoisotopic (exact) mass is 415 g/mol. The molecule has 1 N–H and O–H groups in total. The maximum absolute atomic E-state index is 12.3. The van der Waals surface area contributed by atoms with Crippen molar-refractivity contribution in [2.75, 3.05) is 57.7 Å². The third kappa shape index (κ3) is 5.43. The third-order valence-electron chi connectivity index (χ3n) is 4.89. The predicted molar refractivity (Wildman–Crippen MR) is 118 cm³/mol. The first-order chi connectivity index (χ1) is 14.0. The van der Waals surface area contributed by atoms with Gasteiger partial charge in [-0.25, -0.2) is 0 Å². The Morgan fingerprint density at radius 3 is 2.38 bits per heavy atom. The van der Waals surface area contributed by atoms with Crippen LogP contribution in [0, 0.1) is 0 Å². The lowest BCUT2D eigenvalue weighted by Crippen LogP contribution is -2.44. The zero-order valence-electron chi connectivity index (χ0n) is 16.9. The zero-order valence-corrected chi connectivity index (χ0v) is 17.7. The van der Waals surface area contributed by atoms with Crippen LogP contribution in [0.15, 0.2) is 42.5 Å². The third-order valence-corrected chi connectivity index (χ3v) is 5.17. The summed E-state index contributed by atoms with van der Waals surface area (Å²) in [4.78, 5) is 16.9. The molecular formula is C22H26ClN3O3. The summed E-state index contributed by atoms with van der Waals surface area (Å²) in [5.41, 5.74) is 2.67. The number of anilines is 2. The fourth-order valence-corrected chi connectivity index (χ4v) is 3.51. The van der Waals surface area contributed by atoms with Gasteiger partial charge in [-0.3, -0.25) is 4.79 Å². The van der Waals surface area contributed by atoms with Crippen LogP contribution in [-0.2, 0) is 4.79 Å². The molecule has 0 unspecified atom stereocenters. The van der Waals surface area contributed by atoms with E-state index in [4.69, 9.17) is 21.1 Å². The maximum Gasteiger partial charge on any atom is 0.248 e. The van der Waals surface area contributed by atoms with E-state index in [9.17, 15) is 4.79 Å². The summed E-state index contributed by atoms with van der Waals surface area (Å²) in [6.07, 6.45) is 3.15. The second-order valence-electron chi connectivity index (χ2n) is 6.90. The van der Waals surface area contributed by atoms with Gasteiger partial charge in [0.15, 0.2) is 11.5 Å². The van der Waals surface area contributed by atoms with Crippen molar-refractivity contribution in [3.63, 3.8) is 0 Å². The zero-order chi connectivity index (χ0) is 20.8. The Balaban J connectivity index is 1.61. The molecule has 2 aromatic rings. The number of piperazine rings is 1. The molecule has 2 aromatic carbocycles. The molecule has 0 aromatic heterocycles. The molecule has 0 saturated carbocycles. The lowest BCUT2D eigenvalue weighted by atomic mass is 10.2. The lowest BCUT2D eigenvalue weighted by Gasteiger charge is -2.34. The smallest absolute Gasteiger partial charge is 0.248 e. The van der Waals surface area contributed by atoms with Gasteiger partial charge >= 0.3 is 0 Å². The summed E-state index contributed by atoms with van der Waals surface area (Å²) in [6, 6.07) is 11.4. The lowest BCUT2D eigenvalue weighted by molar-refractivity contribution is -0.111. The number of benzene rings is 2. The summed E-state index contributed by atoms with van der Waals surface area (Å²) in [7, 11) is 5.21. The Morgan fingerprint density at radius 1 is 1.07 bits per heavy atom. The fourth-order valence-electron chi connectivity index (χ4n) is 3.21. The number of hydrogen-bond donors (Lipinski definition) is 1. The van der Waals surface area contributed by atoms with E-state index in [-0.39, 0.29) is 5.91 Å². The molecule has 1 aliphatic heterocycles. The second kappa shape index (κ2) is 9.67. The standard InChI is InChI=1S/C22H26ClN3O3/c1-25-10-12-26(13-11-25)18-7-5-17(6-8-18)24-21(27)9-4-16-14-19(23)22(29-3)20(15-16)28-2/h4-9,14-15H,10-13H2,1-3H3,(H,24,27)/b9-4+. The highest BCUT2D eigenvalue weighted by atomic mass is 35.5. The van der Waals surface area contributed by atoms with E-state index < -0.39 is 0 Å². The van der Waals surface area contributed by atoms with Crippen LogP contribution in [0.3, 0.4) is 0 Å². The van der Waals surface area contributed by atoms with Crippen molar-refractivity contribution in [2.45, 2.75) is 0 Å². The largest absolute Gasteiger partial charge is 0.493 e. The van der Waals surface area contributed by atoms with E-state index in [2.05, 4.69) is 22.2 Å². The molecule has 0 bridgehead atoms. The molecule has 1 aliphatic rings. The average Bonchev–Trinajstić information content (AvgIpc) is 2.73. The van der Waals surface area contributed by atoms with Crippen molar-refractivity contribution in [1.29, 1.82) is 0 Å². The van der Waals surface area contributed by atoms with Crippen LogP contribution in [0.2, 0.25) is 5.02 Å².